The summed E-state index contributed by atoms with van der Waals surface area (Å²) in [5, 5.41) is 0. The van der Waals surface area contributed by atoms with Crippen LogP contribution in [-0.4, -0.2) is 40.9 Å². The van der Waals surface area contributed by atoms with Gasteiger partial charge in [-0.05, 0) is 54.4 Å². The van der Waals surface area contributed by atoms with Crippen LogP contribution in [0.25, 0.3) is 0 Å². The molecule has 0 aliphatic rings. The molecule has 0 N–H and O–H groups in total. The molecular weight excluding hydrogens is 442 g/mol. The van der Waals surface area contributed by atoms with Gasteiger partial charge < -0.3 is 9.47 Å². The molecule has 0 saturated carbocycles. The highest BCUT2D eigenvalue weighted by Gasteiger charge is 2.23. The zero-order valence-electron chi connectivity index (χ0n) is 18.6. The number of carbonyl (C=O) groups excluding carboxylic acids is 2. The van der Waals surface area contributed by atoms with Gasteiger partial charge in [-0.2, -0.15) is 0 Å². The molecule has 0 aliphatic carbocycles. The first-order chi connectivity index (χ1) is 15.8. The van der Waals surface area contributed by atoms with Gasteiger partial charge in [0.05, 0.1) is 23.3 Å². The third-order valence-electron chi connectivity index (χ3n) is 5.18. The largest absolute Gasteiger partial charge is 0.497 e. The second-order valence-corrected chi connectivity index (χ2v) is 9.22. The number of Topliss-reactive ketones (excluding diaryl/α,β-unsaturated/α-hetero) is 1. The fourth-order valence-corrected chi connectivity index (χ4v) is 4.34. The highest BCUT2D eigenvalue weighted by molar-refractivity contribution is 7.92. The van der Waals surface area contributed by atoms with E-state index in [0.29, 0.717) is 17.0 Å². The Kier molecular flexibility index (Phi) is 7.50. The van der Waals surface area contributed by atoms with Gasteiger partial charge in [-0.15, -0.1) is 0 Å². The van der Waals surface area contributed by atoms with Crippen LogP contribution in [0.5, 0.6) is 5.75 Å². The Labute approximate surface area is 193 Å². The number of benzene rings is 3. The van der Waals surface area contributed by atoms with Crippen molar-refractivity contribution >= 4 is 27.5 Å². The molecule has 0 saturated heterocycles. The molecule has 0 aromatic heterocycles. The van der Waals surface area contributed by atoms with E-state index in [4.69, 9.17) is 9.47 Å². The Morgan fingerprint density at radius 2 is 1.58 bits per heavy atom. The summed E-state index contributed by atoms with van der Waals surface area (Å²) >= 11 is 0. The van der Waals surface area contributed by atoms with Crippen molar-refractivity contribution in [1.29, 1.82) is 0 Å². The van der Waals surface area contributed by atoms with Crippen LogP contribution in [0.1, 0.15) is 33.2 Å². The number of ether oxygens (including phenoxy) is 2. The quantitative estimate of drug-likeness (QED) is 0.347. The topological polar surface area (TPSA) is 90.0 Å². The van der Waals surface area contributed by atoms with Crippen molar-refractivity contribution in [3.05, 3.63) is 89.5 Å². The lowest BCUT2D eigenvalue weighted by atomic mass is 10.1. The van der Waals surface area contributed by atoms with Crippen molar-refractivity contribution in [3.8, 4) is 5.75 Å². The lowest BCUT2D eigenvalue weighted by molar-refractivity contribution is 0.0474. The number of methoxy groups -OCH3 is 1. The minimum atomic E-state index is -3.93. The molecule has 0 fully saturated rings. The maximum Gasteiger partial charge on any atom is 0.338 e. The highest BCUT2D eigenvalue weighted by atomic mass is 32.2. The van der Waals surface area contributed by atoms with Crippen LogP contribution in [-0.2, 0) is 21.2 Å². The van der Waals surface area contributed by atoms with E-state index in [1.165, 1.54) is 38.4 Å². The Morgan fingerprint density at radius 3 is 2.18 bits per heavy atom. The zero-order chi connectivity index (χ0) is 24.0. The molecule has 0 unspecified atom stereocenters. The summed E-state index contributed by atoms with van der Waals surface area (Å²) in [6.07, 6.45) is 0.857. The third-order valence-corrected chi connectivity index (χ3v) is 6.96. The lowest BCUT2D eigenvalue weighted by Gasteiger charge is -2.20. The molecule has 0 heterocycles. The Balaban J connectivity index is 1.71. The first-order valence-corrected chi connectivity index (χ1v) is 11.7. The van der Waals surface area contributed by atoms with Gasteiger partial charge in [-0.1, -0.05) is 37.3 Å². The number of hydrogen-bond donors (Lipinski definition) is 0. The Hall–Kier alpha value is -3.65. The molecular formula is C25H25NO6S. The van der Waals surface area contributed by atoms with E-state index >= 15 is 0 Å². The van der Waals surface area contributed by atoms with Crippen LogP contribution >= 0.6 is 0 Å². The number of sulfonamides is 1. The zero-order valence-corrected chi connectivity index (χ0v) is 19.5. The predicted molar refractivity (Wildman–Crippen MR) is 125 cm³/mol. The van der Waals surface area contributed by atoms with Crippen molar-refractivity contribution < 1.29 is 27.5 Å². The number of anilines is 1. The Morgan fingerprint density at radius 1 is 0.909 bits per heavy atom. The third kappa shape index (κ3) is 5.59. The lowest BCUT2D eigenvalue weighted by Crippen LogP contribution is -2.26. The first kappa shape index (κ1) is 24.0. The molecule has 3 aromatic rings. The number of carbonyl (C=O) groups is 2. The molecule has 172 valence electrons. The van der Waals surface area contributed by atoms with Crippen molar-refractivity contribution in [2.75, 3.05) is 25.1 Å². The maximum absolute atomic E-state index is 13.1. The van der Waals surface area contributed by atoms with Crippen molar-refractivity contribution in [3.63, 3.8) is 0 Å². The van der Waals surface area contributed by atoms with Gasteiger partial charge in [0.25, 0.3) is 10.0 Å². The molecule has 0 bridgehead atoms. The molecule has 3 rings (SSSR count). The van der Waals surface area contributed by atoms with E-state index in [-0.39, 0.29) is 16.2 Å². The van der Waals surface area contributed by atoms with Gasteiger partial charge in [-0.25, -0.2) is 13.2 Å². The standard InChI is InChI=1S/C25H25NO6S/c1-4-18-8-10-19(11-9-18)24(27)17-32-25(28)20-6-5-7-23(16-20)33(29,30)26(2)21-12-14-22(31-3)15-13-21/h5-16H,4,17H2,1-3H3. The molecule has 0 atom stereocenters. The van der Waals surface area contributed by atoms with Crippen LogP contribution in [0.4, 0.5) is 5.69 Å². The summed E-state index contributed by atoms with van der Waals surface area (Å²) in [5.74, 6) is -0.517. The van der Waals surface area contributed by atoms with Gasteiger partial charge in [0, 0.05) is 12.6 Å². The van der Waals surface area contributed by atoms with Crippen LogP contribution in [0.2, 0.25) is 0 Å². The Bertz CT molecular complexity index is 1230. The summed E-state index contributed by atoms with van der Waals surface area (Å²) in [6.45, 7) is 1.58. The molecule has 7 nitrogen and oxygen atoms in total. The SMILES string of the molecule is CCc1ccc(C(=O)COC(=O)c2cccc(S(=O)(=O)N(C)c3ccc(OC)cc3)c2)cc1. The number of ketones is 1. The second kappa shape index (κ2) is 10.3. The van der Waals surface area contributed by atoms with Crippen molar-refractivity contribution in [1.82, 2.24) is 0 Å². The molecule has 0 aliphatic heterocycles. The van der Waals surface area contributed by atoms with E-state index in [2.05, 4.69) is 0 Å². The van der Waals surface area contributed by atoms with Gasteiger partial charge >= 0.3 is 5.97 Å². The van der Waals surface area contributed by atoms with Crippen molar-refractivity contribution in [2.45, 2.75) is 18.2 Å². The van der Waals surface area contributed by atoms with Crippen LogP contribution in [0, 0.1) is 0 Å². The predicted octanol–water partition coefficient (Wildman–Crippen LogP) is 4.12. The highest BCUT2D eigenvalue weighted by Crippen LogP contribution is 2.25. The van der Waals surface area contributed by atoms with Gasteiger partial charge in [0.15, 0.2) is 12.4 Å². The summed E-state index contributed by atoms with van der Waals surface area (Å²) in [4.78, 5) is 24.7. The number of rotatable bonds is 9. The second-order valence-electron chi connectivity index (χ2n) is 7.25. The fourth-order valence-electron chi connectivity index (χ4n) is 3.10. The molecule has 33 heavy (non-hydrogen) atoms. The van der Waals surface area contributed by atoms with E-state index in [1.54, 1.807) is 36.4 Å². The minimum absolute atomic E-state index is 0.0355. The number of esters is 1. The molecule has 0 radical (unpaired) electrons. The number of hydrogen-bond acceptors (Lipinski definition) is 6. The smallest absolute Gasteiger partial charge is 0.338 e. The van der Waals surface area contributed by atoms with Gasteiger partial charge in [0.2, 0.25) is 0 Å². The first-order valence-electron chi connectivity index (χ1n) is 10.3. The molecule has 8 heteroatoms. The number of aryl methyl sites for hydroxylation is 1. The molecule has 0 amide bonds. The number of nitrogens with zero attached hydrogens (tertiary/aromatic N) is 1. The average molecular weight is 468 g/mol. The molecule has 3 aromatic carbocycles. The van der Waals surface area contributed by atoms with E-state index < -0.39 is 22.6 Å². The van der Waals surface area contributed by atoms with Gasteiger partial charge in [-0.3, -0.25) is 9.10 Å². The molecule has 0 spiro atoms. The minimum Gasteiger partial charge on any atom is -0.497 e. The summed E-state index contributed by atoms with van der Waals surface area (Å²) < 4.78 is 37.4. The normalized spacial score (nSPS) is 11.0. The maximum atomic E-state index is 13.1. The van der Waals surface area contributed by atoms with E-state index in [9.17, 15) is 18.0 Å². The summed E-state index contributed by atoms with van der Waals surface area (Å²) in [6, 6.07) is 19.2. The van der Waals surface area contributed by atoms with Gasteiger partial charge in [0.1, 0.15) is 5.75 Å². The van der Waals surface area contributed by atoms with Crippen LogP contribution in [0.15, 0.2) is 77.7 Å². The van der Waals surface area contributed by atoms with E-state index in [0.717, 1.165) is 16.3 Å². The summed E-state index contributed by atoms with van der Waals surface area (Å²) in [5.41, 5.74) is 2.01. The van der Waals surface area contributed by atoms with Crippen LogP contribution in [0.3, 0.4) is 0 Å². The monoisotopic (exact) mass is 467 g/mol. The van der Waals surface area contributed by atoms with Crippen LogP contribution < -0.4 is 9.04 Å². The average Bonchev–Trinajstić information content (AvgIpc) is 2.86. The fraction of sp³-hybridized carbons (Fsp3) is 0.200. The van der Waals surface area contributed by atoms with E-state index in [1.807, 2.05) is 19.1 Å². The van der Waals surface area contributed by atoms with Crippen molar-refractivity contribution in [2.24, 2.45) is 0 Å². The summed E-state index contributed by atoms with van der Waals surface area (Å²) in [7, 11) is -0.986.